The number of hydrogen-bond donors (Lipinski definition) is 1. The van der Waals surface area contributed by atoms with Crippen molar-refractivity contribution < 1.29 is 4.79 Å². The highest BCUT2D eigenvalue weighted by Gasteiger charge is 1.98. The van der Waals surface area contributed by atoms with Gasteiger partial charge in [0, 0.05) is 6.54 Å². The molecule has 3 heteroatoms. The lowest BCUT2D eigenvalue weighted by Crippen LogP contribution is -2.34. The lowest BCUT2D eigenvalue weighted by molar-refractivity contribution is -0.109. The van der Waals surface area contributed by atoms with Crippen LogP contribution in [-0.2, 0) is 4.79 Å². The standard InChI is InChI=1S/C5H12N2O/c1-7(2)3-5(6)4-8/h4-5H,3,6H2,1-2H3/t5-/m0/s1. The molecule has 0 aromatic carbocycles. The van der Waals surface area contributed by atoms with E-state index in [1.165, 1.54) is 0 Å². The lowest BCUT2D eigenvalue weighted by Gasteiger charge is -2.10. The normalized spacial score (nSPS) is 14.0. The highest BCUT2D eigenvalue weighted by atomic mass is 16.1. The molecule has 0 rings (SSSR count). The summed E-state index contributed by atoms with van der Waals surface area (Å²) in [7, 11) is 3.76. The highest BCUT2D eigenvalue weighted by molar-refractivity contribution is 5.57. The Kier molecular flexibility index (Phi) is 3.39. The summed E-state index contributed by atoms with van der Waals surface area (Å²) in [5.74, 6) is 0. The van der Waals surface area contributed by atoms with Gasteiger partial charge in [0.15, 0.2) is 0 Å². The monoisotopic (exact) mass is 116 g/mol. The third-order valence-electron chi connectivity index (χ3n) is 0.751. The van der Waals surface area contributed by atoms with E-state index >= 15 is 0 Å². The van der Waals surface area contributed by atoms with Gasteiger partial charge in [-0.2, -0.15) is 0 Å². The number of nitrogens with two attached hydrogens (primary N) is 1. The fourth-order valence-corrected chi connectivity index (χ4v) is 0.465. The Bertz CT molecular complexity index is 72.8. The smallest absolute Gasteiger partial charge is 0.137 e. The predicted molar refractivity (Wildman–Crippen MR) is 32.6 cm³/mol. The van der Waals surface area contributed by atoms with E-state index < -0.39 is 0 Å². The van der Waals surface area contributed by atoms with E-state index in [1.807, 2.05) is 19.0 Å². The van der Waals surface area contributed by atoms with Crippen molar-refractivity contribution in [2.45, 2.75) is 6.04 Å². The number of hydrogen-bond acceptors (Lipinski definition) is 3. The molecule has 48 valence electrons. The van der Waals surface area contributed by atoms with Crippen molar-refractivity contribution >= 4 is 6.29 Å². The molecule has 0 aromatic rings. The van der Waals surface area contributed by atoms with Crippen LogP contribution in [0.25, 0.3) is 0 Å². The molecule has 8 heavy (non-hydrogen) atoms. The molecule has 0 saturated heterocycles. The fourth-order valence-electron chi connectivity index (χ4n) is 0.465. The van der Waals surface area contributed by atoms with Crippen molar-refractivity contribution in [3.8, 4) is 0 Å². The summed E-state index contributed by atoms with van der Waals surface area (Å²) in [4.78, 5) is 11.8. The van der Waals surface area contributed by atoms with Crippen LogP contribution >= 0.6 is 0 Å². The van der Waals surface area contributed by atoms with Gasteiger partial charge in [-0.3, -0.25) is 0 Å². The summed E-state index contributed by atoms with van der Waals surface area (Å²) in [6.07, 6.45) is 0.750. The molecule has 2 N–H and O–H groups in total. The Morgan fingerprint density at radius 3 is 2.38 bits per heavy atom. The van der Waals surface area contributed by atoms with E-state index in [2.05, 4.69) is 0 Å². The molecule has 0 aromatic heterocycles. The molecule has 0 radical (unpaired) electrons. The van der Waals surface area contributed by atoms with Crippen LogP contribution in [0.4, 0.5) is 0 Å². The summed E-state index contributed by atoms with van der Waals surface area (Å²) >= 11 is 0. The number of nitrogens with zero attached hydrogens (tertiary/aromatic N) is 1. The Morgan fingerprint density at radius 1 is 1.75 bits per heavy atom. The van der Waals surface area contributed by atoms with Gasteiger partial charge in [-0.1, -0.05) is 0 Å². The molecular weight excluding hydrogens is 104 g/mol. The van der Waals surface area contributed by atoms with Crippen molar-refractivity contribution in [2.75, 3.05) is 20.6 Å². The first-order valence-electron chi connectivity index (χ1n) is 2.52. The van der Waals surface area contributed by atoms with E-state index in [9.17, 15) is 4.79 Å². The van der Waals surface area contributed by atoms with E-state index in [-0.39, 0.29) is 6.04 Å². The molecule has 0 aliphatic heterocycles. The van der Waals surface area contributed by atoms with Crippen LogP contribution in [-0.4, -0.2) is 37.9 Å². The molecule has 0 unspecified atom stereocenters. The minimum atomic E-state index is -0.329. The minimum Gasteiger partial charge on any atom is -0.321 e. The second-order valence-corrected chi connectivity index (χ2v) is 2.06. The van der Waals surface area contributed by atoms with Crippen molar-refractivity contribution in [3.63, 3.8) is 0 Å². The topological polar surface area (TPSA) is 46.3 Å². The number of aldehydes is 1. The summed E-state index contributed by atoms with van der Waals surface area (Å²) in [6, 6.07) is -0.329. The number of carbonyl (C=O) groups is 1. The van der Waals surface area contributed by atoms with E-state index in [1.54, 1.807) is 0 Å². The van der Waals surface area contributed by atoms with Gasteiger partial charge in [0.1, 0.15) is 6.29 Å². The minimum absolute atomic E-state index is 0.329. The van der Waals surface area contributed by atoms with Gasteiger partial charge in [0.2, 0.25) is 0 Å². The zero-order valence-corrected chi connectivity index (χ0v) is 5.29. The Balaban J connectivity index is 3.23. The molecule has 1 atom stereocenters. The van der Waals surface area contributed by atoms with Crippen LogP contribution in [0.3, 0.4) is 0 Å². The molecule has 0 saturated carbocycles. The van der Waals surface area contributed by atoms with Gasteiger partial charge < -0.3 is 15.4 Å². The summed E-state index contributed by atoms with van der Waals surface area (Å²) in [5.41, 5.74) is 5.26. The Morgan fingerprint density at radius 2 is 2.25 bits per heavy atom. The number of carbonyl (C=O) groups excluding carboxylic acids is 1. The van der Waals surface area contributed by atoms with Crippen molar-refractivity contribution in [3.05, 3.63) is 0 Å². The molecule has 0 aliphatic rings. The van der Waals surface area contributed by atoms with Gasteiger partial charge in [-0.05, 0) is 14.1 Å². The van der Waals surface area contributed by atoms with Crippen molar-refractivity contribution in [1.82, 2.24) is 4.90 Å². The van der Waals surface area contributed by atoms with Crippen molar-refractivity contribution in [1.29, 1.82) is 0 Å². The second-order valence-electron chi connectivity index (χ2n) is 2.06. The first kappa shape index (κ1) is 7.59. The fraction of sp³-hybridized carbons (Fsp3) is 0.800. The van der Waals surface area contributed by atoms with Gasteiger partial charge in [-0.15, -0.1) is 0 Å². The van der Waals surface area contributed by atoms with E-state index in [0.717, 1.165) is 6.29 Å². The van der Waals surface area contributed by atoms with Crippen LogP contribution in [0.15, 0.2) is 0 Å². The van der Waals surface area contributed by atoms with Crippen molar-refractivity contribution in [2.24, 2.45) is 5.73 Å². The average molecular weight is 116 g/mol. The summed E-state index contributed by atoms with van der Waals surface area (Å²) < 4.78 is 0. The largest absolute Gasteiger partial charge is 0.321 e. The first-order valence-corrected chi connectivity index (χ1v) is 2.52. The van der Waals surface area contributed by atoms with Crippen LogP contribution in [0.5, 0.6) is 0 Å². The highest BCUT2D eigenvalue weighted by Crippen LogP contribution is 1.75. The quantitative estimate of drug-likeness (QED) is 0.485. The zero-order chi connectivity index (χ0) is 6.57. The summed E-state index contributed by atoms with van der Waals surface area (Å²) in [5, 5.41) is 0. The van der Waals surface area contributed by atoms with E-state index in [0.29, 0.717) is 6.54 Å². The van der Waals surface area contributed by atoms with E-state index in [4.69, 9.17) is 5.73 Å². The number of rotatable bonds is 3. The molecule has 0 amide bonds. The molecule has 0 fully saturated rings. The van der Waals surface area contributed by atoms with Gasteiger partial charge >= 0.3 is 0 Å². The molecule has 0 spiro atoms. The van der Waals surface area contributed by atoms with Gasteiger partial charge in [0.05, 0.1) is 6.04 Å². The third-order valence-corrected chi connectivity index (χ3v) is 0.751. The SMILES string of the molecule is CN(C)C[C@H](N)C=O. The Hall–Kier alpha value is -0.410. The molecule has 0 bridgehead atoms. The Labute approximate surface area is 49.5 Å². The van der Waals surface area contributed by atoms with Crippen LogP contribution in [0, 0.1) is 0 Å². The first-order chi connectivity index (χ1) is 3.66. The van der Waals surface area contributed by atoms with Crippen LogP contribution in [0.2, 0.25) is 0 Å². The van der Waals surface area contributed by atoms with Gasteiger partial charge in [0.25, 0.3) is 0 Å². The van der Waals surface area contributed by atoms with Gasteiger partial charge in [-0.25, -0.2) is 0 Å². The third kappa shape index (κ3) is 3.77. The maximum atomic E-state index is 9.89. The average Bonchev–Trinajstić information content (AvgIpc) is 1.65. The second kappa shape index (κ2) is 3.57. The maximum absolute atomic E-state index is 9.89. The molecule has 0 heterocycles. The predicted octanol–water partition coefficient (Wildman–Crippen LogP) is -0.926. The maximum Gasteiger partial charge on any atom is 0.137 e. The molecular formula is C5H12N2O. The molecule has 0 aliphatic carbocycles. The summed E-state index contributed by atoms with van der Waals surface area (Å²) in [6.45, 7) is 0.628. The lowest BCUT2D eigenvalue weighted by atomic mass is 10.3. The zero-order valence-electron chi connectivity index (χ0n) is 5.29. The van der Waals surface area contributed by atoms with Crippen LogP contribution in [0.1, 0.15) is 0 Å². The number of likely N-dealkylation sites (N-methyl/N-ethyl adjacent to an activating group) is 1. The molecule has 3 nitrogen and oxygen atoms in total. The van der Waals surface area contributed by atoms with Crippen LogP contribution < -0.4 is 5.73 Å².